The summed E-state index contributed by atoms with van der Waals surface area (Å²) < 4.78 is 9.88. The van der Waals surface area contributed by atoms with Crippen LogP contribution in [-0.2, 0) is 0 Å². The van der Waals surface area contributed by atoms with Gasteiger partial charge in [-0.2, -0.15) is 0 Å². The fraction of sp³-hybridized carbons (Fsp3) is 0. The first kappa shape index (κ1) is 70.7. The van der Waals surface area contributed by atoms with E-state index in [0.717, 1.165) is 175 Å². The van der Waals surface area contributed by atoms with Gasteiger partial charge in [0.05, 0.1) is 50.7 Å². The Hall–Kier alpha value is -13.7. The predicted octanol–water partition coefficient (Wildman–Crippen LogP) is 27.4. The molecule has 0 unspecified atom stereocenters. The number of aromatic nitrogens is 10. The second-order valence-corrected chi connectivity index (χ2v) is 30.5. The third kappa shape index (κ3) is 14.2. The highest BCUT2D eigenvalue weighted by molar-refractivity contribution is 9.11. The average Bonchev–Trinajstić information content (AvgIpc) is 1.69. The highest BCUT2D eigenvalue weighted by atomic mass is 79.9. The van der Waals surface area contributed by atoms with Crippen molar-refractivity contribution < 1.29 is 0 Å². The second kappa shape index (κ2) is 31.2. The van der Waals surface area contributed by atoms with E-state index in [-0.39, 0.29) is 0 Å². The molecule has 0 radical (unpaired) electrons. The van der Waals surface area contributed by atoms with E-state index in [1.807, 2.05) is 110 Å². The molecule has 0 fully saturated rings. The molecule has 0 saturated heterocycles. The lowest BCUT2D eigenvalue weighted by molar-refractivity contribution is 1.13. The third-order valence-electron chi connectivity index (χ3n) is 20.6. The first-order valence-corrected chi connectivity index (χ1v) is 39.8. The van der Waals surface area contributed by atoms with Gasteiger partial charge in [0, 0.05) is 127 Å². The number of nitrogens with zero attached hydrogens (tertiary/aromatic N) is 10. The number of pyridine rings is 7. The van der Waals surface area contributed by atoms with Crippen LogP contribution in [-0.4, -0.2) is 48.6 Å². The van der Waals surface area contributed by atoms with Crippen molar-refractivity contribution in [2.45, 2.75) is 0 Å². The SMILES string of the molecule is Brc1ccc2c(c1)c1cccnc1n2-c1cccc(-c2cc(-c3ccccc3)cc(-c3ccccc3)n2)c1.Brc1ccc2c(c1)c1cccnc1n2-c1cccc(-c2cc(-c3ccccc3)nc(-c3ccccc3)c2)c1.Brc1ccc2c(c1)c1cccnc1n2-c1cccc(-c2cc(-c3ccccn3)cc(-c3ccccn3)c2)c1. The molecule has 0 amide bonds. The first-order chi connectivity index (χ1) is 56.2. The number of hydrogen-bond donors (Lipinski definition) is 0. The van der Waals surface area contributed by atoms with E-state index in [4.69, 9.17) is 24.9 Å². The monoisotopic (exact) mass is 1650 g/mol. The van der Waals surface area contributed by atoms with Crippen LogP contribution in [0.1, 0.15) is 0 Å². The van der Waals surface area contributed by atoms with Crippen LogP contribution in [0.5, 0.6) is 0 Å². The Labute approximate surface area is 683 Å². The summed E-state index contributed by atoms with van der Waals surface area (Å²) in [7, 11) is 0. The molecule has 0 bridgehead atoms. The van der Waals surface area contributed by atoms with Gasteiger partial charge in [0.2, 0.25) is 0 Å². The number of benzene rings is 11. The summed E-state index contributed by atoms with van der Waals surface area (Å²) in [4.78, 5) is 33.7. The lowest BCUT2D eigenvalue weighted by atomic mass is 9.96. The van der Waals surface area contributed by atoms with E-state index < -0.39 is 0 Å². The van der Waals surface area contributed by atoms with Crippen molar-refractivity contribution in [3.8, 4) is 118 Å². The molecule has 21 rings (SSSR count). The minimum Gasteiger partial charge on any atom is -0.294 e. The van der Waals surface area contributed by atoms with Crippen LogP contribution in [0.25, 0.3) is 184 Å². The summed E-state index contributed by atoms with van der Waals surface area (Å²) >= 11 is 10.9. The minimum absolute atomic E-state index is 0.930. The Morgan fingerprint density at radius 2 is 0.474 bits per heavy atom. The Morgan fingerprint density at radius 3 is 0.842 bits per heavy atom. The van der Waals surface area contributed by atoms with Crippen LogP contribution in [0.3, 0.4) is 0 Å². The molecule has 10 nitrogen and oxygen atoms in total. The molecule has 0 atom stereocenters. The van der Waals surface area contributed by atoms with Gasteiger partial charge >= 0.3 is 0 Å². The van der Waals surface area contributed by atoms with Gasteiger partial charge in [-0.25, -0.2) is 24.9 Å². The topological polar surface area (TPSA) is 105 Å². The quantitative estimate of drug-likeness (QED) is 0.120. The summed E-state index contributed by atoms with van der Waals surface area (Å²) in [6.07, 6.45) is 9.23. The second-order valence-electron chi connectivity index (χ2n) is 27.7. The Morgan fingerprint density at radius 1 is 0.175 bits per heavy atom. The molecule has 10 aromatic heterocycles. The van der Waals surface area contributed by atoms with Crippen molar-refractivity contribution in [2.75, 3.05) is 0 Å². The molecule has 540 valence electrons. The van der Waals surface area contributed by atoms with E-state index in [9.17, 15) is 0 Å². The van der Waals surface area contributed by atoms with Gasteiger partial charge in [-0.3, -0.25) is 23.7 Å². The maximum atomic E-state index is 5.13. The van der Waals surface area contributed by atoms with E-state index in [1.165, 1.54) is 21.7 Å². The van der Waals surface area contributed by atoms with Gasteiger partial charge in [-0.15, -0.1) is 0 Å². The molecule has 0 aliphatic rings. The van der Waals surface area contributed by atoms with Crippen LogP contribution >= 0.6 is 47.8 Å². The molecule has 13 heteroatoms. The van der Waals surface area contributed by atoms with Gasteiger partial charge in [0.25, 0.3) is 0 Å². The molecular weight excluding hydrogens is 1590 g/mol. The van der Waals surface area contributed by atoms with Crippen molar-refractivity contribution in [2.24, 2.45) is 0 Å². The molecule has 11 aromatic carbocycles. The maximum Gasteiger partial charge on any atom is 0.145 e. The highest BCUT2D eigenvalue weighted by Gasteiger charge is 2.21. The number of fused-ring (bicyclic) bond motifs is 9. The summed E-state index contributed by atoms with van der Waals surface area (Å²) in [6, 6.07) is 126. The molecule has 0 aliphatic carbocycles. The number of rotatable bonds is 12. The zero-order chi connectivity index (χ0) is 76.4. The van der Waals surface area contributed by atoms with Crippen molar-refractivity contribution >= 4 is 114 Å². The predicted molar refractivity (Wildman–Crippen MR) is 479 cm³/mol. The summed E-state index contributed by atoms with van der Waals surface area (Å²) in [5, 5.41) is 6.91. The fourth-order valence-electron chi connectivity index (χ4n) is 15.3. The molecule has 0 N–H and O–H groups in total. The molecule has 114 heavy (non-hydrogen) atoms. The first-order valence-electron chi connectivity index (χ1n) is 37.4. The lowest BCUT2D eigenvalue weighted by Gasteiger charge is -2.13. The van der Waals surface area contributed by atoms with Gasteiger partial charge in [-0.1, -0.05) is 218 Å². The fourth-order valence-corrected chi connectivity index (χ4v) is 16.4. The lowest BCUT2D eigenvalue weighted by Crippen LogP contribution is -1.97. The van der Waals surface area contributed by atoms with Gasteiger partial charge in [-0.05, 0) is 228 Å². The highest BCUT2D eigenvalue weighted by Crippen LogP contribution is 2.41. The Bertz CT molecular complexity index is 6290. The zero-order valence-corrected chi connectivity index (χ0v) is 65.9. The van der Waals surface area contributed by atoms with Crippen molar-refractivity contribution in [3.63, 3.8) is 0 Å². The van der Waals surface area contributed by atoms with Crippen LogP contribution < -0.4 is 0 Å². The zero-order valence-electron chi connectivity index (χ0n) is 61.1. The van der Waals surface area contributed by atoms with Gasteiger partial charge in [0.1, 0.15) is 16.9 Å². The largest absolute Gasteiger partial charge is 0.294 e. The summed E-state index contributed by atoms with van der Waals surface area (Å²) in [5.41, 5.74) is 28.3. The minimum atomic E-state index is 0.930. The average molecular weight is 1660 g/mol. The molecule has 0 aliphatic heterocycles. The van der Waals surface area contributed by atoms with Gasteiger partial charge < -0.3 is 0 Å². The van der Waals surface area contributed by atoms with E-state index in [2.05, 4.69) is 357 Å². The van der Waals surface area contributed by atoms with Gasteiger partial charge in [0.15, 0.2) is 0 Å². The smallest absolute Gasteiger partial charge is 0.145 e. The third-order valence-corrected chi connectivity index (χ3v) is 22.0. The maximum absolute atomic E-state index is 5.13. The number of halogens is 3. The van der Waals surface area contributed by atoms with E-state index in [0.29, 0.717) is 0 Å². The van der Waals surface area contributed by atoms with E-state index in [1.54, 1.807) is 0 Å². The molecule has 21 aromatic rings. The van der Waals surface area contributed by atoms with Crippen molar-refractivity contribution in [1.82, 2.24) is 48.6 Å². The van der Waals surface area contributed by atoms with Crippen LogP contribution in [0.2, 0.25) is 0 Å². The van der Waals surface area contributed by atoms with E-state index >= 15 is 0 Å². The normalized spacial score (nSPS) is 11.3. The Kier molecular flexibility index (Phi) is 19.4. The van der Waals surface area contributed by atoms with Crippen LogP contribution in [0.4, 0.5) is 0 Å². The summed E-state index contributed by atoms with van der Waals surface area (Å²) in [5.74, 6) is 0. The van der Waals surface area contributed by atoms with Crippen molar-refractivity contribution in [3.05, 3.63) is 408 Å². The molecule has 10 heterocycles. The Balaban J connectivity index is 0.000000115. The van der Waals surface area contributed by atoms with Crippen LogP contribution in [0.15, 0.2) is 408 Å². The summed E-state index contributed by atoms with van der Waals surface area (Å²) in [6.45, 7) is 0. The number of hydrogen-bond acceptors (Lipinski definition) is 7. The van der Waals surface area contributed by atoms with Crippen molar-refractivity contribution in [1.29, 1.82) is 0 Å². The molecule has 0 spiro atoms. The standard InChI is InChI=1S/2C34H22BrN3.C33H21BrN4/c35-27-16-17-33-30(22-27)29-15-8-18-36-34(29)38(33)28-14-7-13-25(19-28)26-20-31(23-9-3-1-4-10-23)37-32(21-26)24-11-5-2-6-12-24;35-27-16-17-33-30(22-27)29-15-8-18-36-34(29)38(33)28-14-7-13-25(19-28)32-21-26(23-9-3-1-4-10-23)20-31(37-32)24-11-5-2-6-12-24;34-26-12-13-32-29(21-26)28-9-6-16-37-33(28)38(32)27-8-5-7-22(20-27)23-17-24(30-10-1-3-14-35-30)19-25(18-23)31-11-2-4-15-36-31/h2*1-22H;1-21H. The van der Waals surface area contributed by atoms with Crippen LogP contribution in [0, 0.1) is 0 Å². The molecular formula is C101H65Br3N10. The molecule has 0 saturated carbocycles.